The van der Waals surface area contributed by atoms with Gasteiger partial charge in [-0.15, -0.1) is 0 Å². The third-order valence-electron chi connectivity index (χ3n) is 5.90. The van der Waals surface area contributed by atoms with Crippen LogP contribution >= 0.6 is 0 Å². The van der Waals surface area contributed by atoms with Crippen LogP contribution in [0, 0.1) is 5.41 Å². The van der Waals surface area contributed by atoms with Crippen LogP contribution in [0.3, 0.4) is 0 Å². The van der Waals surface area contributed by atoms with Crippen molar-refractivity contribution in [1.82, 2.24) is 19.8 Å². The maximum absolute atomic E-state index is 12.9. The summed E-state index contributed by atoms with van der Waals surface area (Å²) < 4.78 is 10.5. The van der Waals surface area contributed by atoms with Gasteiger partial charge in [0.05, 0.1) is 13.4 Å². The average Bonchev–Trinajstić information content (AvgIpc) is 3.40. The van der Waals surface area contributed by atoms with Gasteiger partial charge in [0.1, 0.15) is 0 Å². The predicted molar refractivity (Wildman–Crippen MR) is 101 cm³/mol. The number of piperidine rings is 2. The summed E-state index contributed by atoms with van der Waals surface area (Å²) in [6, 6.07) is 3.31. The topological polar surface area (TPSA) is 91.7 Å². The Kier molecular flexibility index (Phi) is 5.11. The quantitative estimate of drug-likeness (QED) is 0.850. The number of H-pyrrole nitrogens is 1. The SMILES string of the molecule is COc1ccc(C(=O)N2CCCC3(CCC(=O)N(CCc4cnc[nH]4)C3)C2)o1. The van der Waals surface area contributed by atoms with Gasteiger partial charge < -0.3 is 23.9 Å². The Bertz CT molecular complexity index is 831. The molecule has 1 atom stereocenters. The lowest BCUT2D eigenvalue weighted by Gasteiger charge is -2.48. The summed E-state index contributed by atoms with van der Waals surface area (Å²) >= 11 is 0. The van der Waals surface area contributed by atoms with E-state index in [2.05, 4.69) is 9.97 Å². The Balaban J connectivity index is 1.42. The second-order valence-electron chi connectivity index (χ2n) is 7.80. The first-order chi connectivity index (χ1) is 13.6. The number of nitrogens with one attached hydrogen (secondary N) is 1. The van der Waals surface area contributed by atoms with E-state index in [1.165, 1.54) is 7.11 Å². The molecule has 8 nitrogen and oxygen atoms in total. The zero-order chi connectivity index (χ0) is 19.6. The van der Waals surface area contributed by atoms with E-state index in [1.54, 1.807) is 24.7 Å². The monoisotopic (exact) mass is 386 g/mol. The summed E-state index contributed by atoms with van der Waals surface area (Å²) in [6.45, 7) is 2.74. The summed E-state index contributed by atoms with van der Waals surface area (Å²) in [7, 11) is 1.51. The van der Waals surface area contributed by atoms with Crippen molar-refractivity contribution >= 4 is 11.8 Å². The molecule has 28 heavy (non-hydrogen) atoms. The molecule has 2 saturated heterocycles. The fraction of sp³-hybridized carbons (Fsp3) is 0.550. The number of aromatic amines is 1. The third kappa shape index (κ3) is 3.76. The third-order valence-corrected chi connectivity index (χ3v) is 5.90. The standard InChI is InChI=1S/C20H26N4O4/c1-27-18-4-3-16(28-18)19(26)24-9-2-7-20(13-24)8-5-17(25)23(12-20)10-6-15-11-21-14-22-15/h3-4,11,14H,2,5-10,12-13H2,1H3,(H,21,22). The zero-order valence-corrected chi connectivity index (χ0v) is 16.1. The van der Waals surface area contributed by atoms with Crippen molar-refractivity contribution in [2.24, 2.45) is 5.41 Å². The number of methoxy groups -OCH3 is 1. The molecule has 2 amide bonds. The van der Waals surface area contributed by atoms with E-state index in [0.717, 1.165) is 31.4 Å². The first kappa shape index (κ1) is 18.6. The molecule has 0 aliphatic carbocycles. The van der Waals surface area contributed by atoms with Crippen molar-refractivity contribution in [3.8, 4) is 5.95 Å². The predicted octanol–water partition coefficient (Wildman–Crippen LogP) is 2.10. The summed E-state index contributed by atoms with van der Waals surface area (Å²) in [5, 5.41) is 0. The van der Waals surface area contributed by atoms with Crippen LogP contribution in [0.1, 0.15) is 41.9 Å². The van der Waals surface area contributed by atoms with Gasteiger partial charge in [0.2, 0.25) is 5.91 Å². The number of nitrogens with zero attached hydrogens (tertiary/aromatic N) is 3. The molecule has 1 N–H and O–H groups in total. The molecule has 1 unspecified atom stereocenters. The highest BCUT2D eigenvalue weighted by Gasteiger charge is 2.43. The van der Waals surface area contributed by atoms with Gasteiger partial charge in [-0.05, 0) is 25.3 Å². The van der Waals surface area contributed by atoms with Crippen molar-refractivity contribution in [3.05, 3.63) is 36.1 Å². The first-order valence-electron chi connectivity index (χ1n) is 9.77. The van der Waals surface area contributed by atoms with E-state index in [4.69, 9.17) is 9.15 Å². The normalized spacial score (nSPS) is 22.7. The number of likely N-dealkylation sites (tertiary alicyclic amines) is 2. The number of carbonyl (C=O) groups is 2. The van der Waals surface area contributed by atoms with Gasteiger partial charge in [-0.2, -0.15) is 0 Å². The highest BCUT2D eigenvalue weighted by atomic mass is 16.6. The van der Waals surface area contributed by atoms with Crippen LogP contribution in [-0.4, -0.2) is 64.9 Å². The van der Waals surface area contributed by atoms with Crippen LogP contribution in [0.25, 0.3) is 0 Å². The number of aromatic nitrogens is 2. The fourth-order valence-corrected chi connectivity index (χ4v) is 4.40. The van der Waals surface area contributed by atoms with E-state index < -0.39 is 0 Å². The minimum absolute atomic E-state index is 0.0352. The molecule has 4 rings (SSSR count). The van der Waals surface area contributed by atoms with Crippen LogP contribution < -0.4 is 4.74 Å². The van der Waals surface area contributed by atoms with Gasteiger partial charge in [-0.3, -0.25) is 9.59 Å². The zero-order valence-electron chi connectivity index (χ0n) is 16.1. The Labute approximate surface area is 163 Å². The Hall–Kier alpha value is -2.77. The molecule has 2 aliphatic heterocycles. The molecule has 0 radical (unpaired) electrons. The van der Waals surface area contributed by atoms with Crippen LogP contribution in [0.5, 0.6) is 5.95 Å². The second-order valence-corrected chi connectivity index (χ2v) is 7.80. The fourth-order valence-electron chi connectivity index (χ4n) is 4.40. The number of amides is 2. The van der Waals surface area contributed by atoms with E-state index in [-0.39, 0.29) is 17.2 Å². The Morgan fingerprint density at radius 2 is 2.25 bits per heavy atom. The lowest BCUT2D eigenvalue weighted by Crippen LogP contribution is -2.55. The van der Waals surface area contributed by atoms with Crippen molar-refractivity contribution < 1.29 is 18.7 Å². The number of imidazole rings is 1. The lowest BCUT2D eigenvalue weighted by molar-refractivity contribution is -0.138. The highest BCUT2D eigenvalue weighted by Crippen LogP contribution is 2.39. The van der Waals surface area contributed by atoms with Gasteiger partial charge in [-0.1, -0.05) is 0 Å². The van der Waals surface area contributed by atoms with E-state index >= 15 is 0 Å². The Morgan fingerprint density at radius 3 is 3.00 bits per heavy atom. The van der Waals surface area contributed by atoms with Crippen LogP contribution in [0.4, 0.5) is 0 Å². The summed E-state index contributed by atoms with van der Waals surface area (Å²) in [6.07, 6.45) is 7.55. The molecule has 150 valence electrons. The maximum atomic E-state index is 12.9. The lowest BCUT2D eigenvalue weighted by atomic mass is 9.73. The van der Waals surface area contributed by atoms with Gasteiger partial charge in [0.15, 0.2) is 5.76 Å². The summed E-state index contributed by atoms with van der Waals surface area (Å²) in [5.41, 5.74) is 0.992. The van der Waals surface area contributed by atoms with Crippen molar-refractivity contribution in [3.63, 3.8) is 0 Å². The number of rotatable bonds is 5. The maximum Gasteiger partial charge on any atom is 0.289 e. The van der Waals surface area contributed by atoms with Gasteiger partial charge in [-0.25, -0.2) is 4.98 Å². The molecule has 2 aromatic rings. The van der Waals surface area contributed by atoms with Crippen LogP contribution in [-0.2, 0) is 11.2 Å². The summed E-state index contributed by atoms with van der Waals surface area (Å²) in [4.78, 5) is 36.2. The van der Waals surface area contributed by atoms with Gasteiger partial charge >= 0.3 is 0 Å². The molecule has 0 saturated carbocycles. The van der Waals surface area contributed by atoms with Gasteiger partial charge in [0.25, 0.3) is 11.9 Å². The first-order valence-corrected chi connectivity index (χ1v) is 9.77. The van der Waals surface area contributed by atoms with E-state index in [0.29, 0.717) is 44.3 Å². The largest absolute Gasteiger partial charge is 0.468 e. The van der Waals surface area contributed by atoms with Crippen molar-refractivity contribution in [2.45, 2.75) is 32.1 Å². The van der Waals surface area contributed by atoms with Crippen molar-refractivity contribution in [1.29, 1.82) is 0 Å². The van der Waals surface area contributed by atoms with Gasteiger partial charge in [0, 0.05) is 62.4 Å². The van der Waals surface area contributed by atoms with E-state index in [9.17, 15) is 9.59 Å². The number of carbonyl (C=O) groups excluding carboxylic acids is 2. The molecule has 4 heterocycles. The van der Waals surface area contributed by atoms with Crippen molar-refractivity contribution in [2.75, 3.05) is 33.3 Å². The molecule has 2 aromatic heterocycles. The molecule has 2 aliphatic rings. The summed E-state index contributed by atoms with van der Waals surface area (Å²) in [5.74, 6) is 0.729. The van der Waals surface area contributed by atoms with Crippen LogP contribution in [0.2, 0.25) is 0 Å². The molecule has 0 aromatic carbocycles. The number of hydrogen-bond donors (Lipinski definition) is 1. The molecule has 2 fully saturated rings. The Morgan fingerprint density at radius 1 is 1.36 bits per heavy atom. The molecule has 8 heteroatoms. The average molecular weight is 386 g/mol. The second kappa shape index (κ2) is 7.69. The minimum atomic E-state index is -0.108. The smallest absolute Gasteiger partial charge is 0.289 e. The van der Waals surface area contributed by atoms with Crippen LogP contribution in [0.15, 0.2) is 29.1 Å². The van der Waals surface area contributed by atoms with E-state index in [1.807, 2.05) is 9.80 Å². The minimum Gasteiger partial charge on any atom is -0.468 e. The number of ether oxygens (including phenoxy) is 1. The molecule has 1 spiro atoms. The molecule has 0 bridgehead atoms. The molecular weight excluding hydrogens is 360 g/mol. The highest BCUT2D eigenvalue weighted by molar-refractivity contribution is 5.91. The molecular formula is C20H26N4O4. The number of furan rings is 1. The number of hydrogen-bond acceptors (Lipinski definition) is 5.